The van der Waals surface area contributed by atoms with Crippen molar-refractivity contribution in [3.8, 4) is 0 Å². The fourth-order valence-corrected chi connectivity index (χ4v) is 2.44. The van der Waals surface area contributed by atoms with Crippen LogP contribution in [0.1, 0.15) is 34.2 Å². The number of benzene rings is 1. The summed E-state index contributed by atoms with van der Waals surface area (Å²) in [6, 6.07) is 9.97. The maximum Gasteiger partial charge on any atom is 0.279 e. The molecule has 0 fully saturated rings. The first kappa shape index (κ1) is 14.6. The van der Waals surface area contributed by atoms with Gasteiger partial charge in [0.05, 0.1) is 13.2 Å². The van der Waals surface area contributed by atoms with Gasteiger partial charge in [0, 0.05) is 5.41 Å². The molecule has 0 radical (unpaired) electrons. The second-order valence-corrected chi connectivity index (χ2v) is 6.12. The Morgan fingerprint density at radius 1 is 1.30 bits per heavy atom. The molecule has 2 rings (SSSR count). The molecule has 1 heterocycles. The molecule has 0 saturated heterocycles. The van der Waals surface area contributed by atoms with Crippen molar-refractivity contribution in [2.75, 3.05) is 6.61 Å². The zero-order valence-electron chi connectivity index (χ0n) is 11.5. The lowest BCUT2D eigenvalue weighted by Gasteiger charge is -2.21. The monoisotopic (exact) mass is 291 g/mol. The van der Waals surface area contributed by atoms with Crippen LogP contribution in [0.3, 0.4) is 0 Å². The number of aromatic nitrogens is 2. The number of hydrogen-bond donors (Lipinski definition) is 1. The maximum absolute atomic E-state index is 11.0. The molecule has 0 saturated carbocycles. The molecule has 0 aliphatic rings. The van der Waals surface area contributed by atoms with E-state index in [0.29, 0.717) is 13.2 Å². The van der Waals surface area contributed by atoms with E-state index in [1.165, 1.54) is 11.3 Å². The highest BCUT2D eigenvalue weighted by Gasteiger charge is 2.26. The molecule has 2 aromatic rings. The largest absolute Gasteiger partial charge is 0.376 e. The van der Waals surface area contributed by atoms with Crippen LogP contribution in [-0.2, 0) is 16.8 Å². The van der Waals surface area contributed by atoms with E-state index in [2.05, 4.69) is 10.2 Å². The summed E-state index contributed by atoms with van der Waals surface area (Å²) in [7, 11) is 0. The number of primary amides is 1. The van der Waals surface area contributed by atoms with Gasteiger partial charge >= 0.3 is 0 Å². The van der Waals surface area contributed by atoms with E-state index in [4.69, 9.17) is 10.5 Å². The molecule has 0 aliphatic carbocycles. The second kappa shape index (κ2) is 6.11. The van der Waals surface area contributed by atoms with E-state index in [1.807, 2.05) is 44.2 Å². The van der Waals surface area contributed by atoms with Gasteiger partial charge in [0.2, 0.25) is 5.01 Å². The predicted octanol–water partition coefficient (Wildman–Crippen LogP) is 2.13. The summed E-state index contributed by atoms with van der Waals surface area (Å²) in [5, 5.41) is 8.79. The Kier molecular flexibility index (Phi) is 4.46. The van der Waals surface area contributed by atoms with Crippen LogP contribution in [0.4, 0.5) is 0 Å². The highest BCUT2D eigenvalue weighted by Crippen LogP contribution is 2.26. The third-order valence-electron chi connectivity index (χ3n) is 2.79. The molecule has 106 valence electrons. The molecule has 0 unspecified atom stereocenters. The van der Waals surface area contributed by atoms with Gasteiger partial charge in [0.1, 0.15) is 5.01 Å². The van der Waals surface area contributed by atoms with Crippen molar-refractivity contribution in [1.29, 1.82) is 0 Å². The van der Waals surface area contributed by atoms with E-state index < -0.39 is 5.91 Å². The van der Waals surface area contributed by atoms with Crippen molar-refractivity contribution in [2.24, 2.45) is 5.73 Å². The first-order valence-electron chi connectivity index (χ1n) is 6.24. The topological polar surface area (TPSA) is 78.1 Å². The first-order chi connectivity index (χ1) is 9.49. The van der Waals surface area contributed by atoms with Crippen molar-refractivity contribution in [3.05, 3.63) is 45.9 Å². The fraction of sp³-hybridized carbons (Fsp3) is 0.357. The molecule has 0 atom stereocenters. The van der Waals surface area contributed by atoms with Gasteiger partial charge in [-0.2, -0.15) is 0 Å². The summed E-state index contributed by atoms with van der Waals surface area (Å²) >= 11 is 1.22. The minimum Gasteiger partial charge on any atom is -0.376 e. The van der Waals surface area contributed by atoms with Gasteiger partial charge in [0.25, 0.3) is 5.91 Å². The number of rotatable bonds is 6. The van der Waals surface area contributed by atoms with Crippen LogP contribution in [0.2, 0.25) is 0 Å². The number of ether oxygens (including phenoxy) is 1. The van der Waals surface area contributed by atoms with Crippen molar-refractivity contribution in [1.82, 2.24) is 10.2 Å². The molecule has 5 nitrogen and oxygen atoms in total. The van der Waals surface area contributed by atoms with Gasteiger partial charge in [-0.1, -0.05) is 55.5 Å². The molecule has 0 bridgehead atoms. The fourth-order valence-electron chi connectivity index (χ4n) is 1.66. The average Bonchev–Trinajstić information content (AvgIpc) is 2.90. The number of carbonyl (C=O) groups is 1. The summed E-state index contributed by atoms with van der Waals surface area (Å²) in [6.07, 6.45) is 0. The van der Waals surface area contributed by atoms with Crippen LogP contribution in [0.25, 0.3) is 0 Å². The summed E-state index contributed by atoms with van der Waals surface area (Å²) in [5.41, 5.74) is 6.00. The Morgan fingerprint density at radius 2 is 2.00 bits per heavy atom. The Hall–Kier alpha value is -1.79. The lowest BCUT2D eigenvalue weighted by Crippen LogP contribution is -2.24. The van der Waals surface area contributed by atoms with Gasteiger partial charge < -0.3 is 10.5 Å². The molecule has 20 heavy (non-hydrogen) atoms. The van der Waals surface area contributed by atoms with Crippen molar-refractivity contribution in [2.45, 2.75) is 25.9 Å². The molecule has 1 amide bonds. The highest BCUT2D eigenvalue weighted by atomic mass is 32.1. The van der Waals surface area contributed by atoms with E-state index in [1.54, 1.807) is 0 Å². The Balaban J connectivity index is 1.94. The number of nitrogens with two attached hydrogens (primary N) is 1. The molecular weight excluding hydrogens is 274 g/mol. The third-order valence-corrected chi connectivity index (χ3v) is 4.09. The lowest BCUT2D eigenvalue weighted by molar-refractivity contribution is 0.0822. The summed E-state index contributed by atoms with van der Waals surface area (Å²) in [5.74, 6) is -0.547. The van der Waals surface area contributed by atoms with Gasteiger partial charge in [-0.3, -0.25) is 4.79 Å². The summed E-state index contributed by atoms with van der Waals surface area (Å²) in [4.78, 5) is 11.0. The minimum atomic E-state index is -0.547. The van der Waals surface area contributed by atoms with Crippen LogP contribution < -0.4 is 5.73 Å². The van der Waals surface area contributed by atoms with E-state index in [9.17, 15) is 4.79 Å². The molecule has 0 spiro atoms. The lowest BCUT2D eigenvalue weighted by atomic mass is 9.96. The third kappa shape index (κ3) is 3.61. The quantitative estimate of drug-likeness (QED) is 0.884. The van der Waals surface area contributed by atoms with Crippen LogP contribution in [-0.4, -0.2) is 22.7 Å². The smallest absolute Gasteiger partial charge is 0.279 e. The normalized spacial score (nSPS) is 11.5. The van der Waals surface area contributed by atoms with E-state index in [-0.39, 0.29) is 10.4 Å². The summed E-state index contributed by atoms with van der Waals surface area (Å²) in [6.45, 7) is 5.05. The Bertz CT molecular complexity index is 581. The van der Waals surface area contributed by atoms with Crippen LogP contribution in [0, 0.1) is 0 Å². The Labute approximate surface area is 121 Å². The SMILES string of the molecule is CC(C)(COCc1ccccc1)c1nnc(C(N)=O)s1. The molecule has 0 aliphatic heterocycles. The van der Waals surface area contributed by atoms with Crippen molar-refractivity contribution < 1.29 is 9.53 Å². The van der Waals surface area contributed by atoms with Crippen LogP contribution in [0.15, 0.2) is 30.3 Å². The van der Waals surface area contributed by atoms with Gasteiger partial charge in [-0.15, -0.1) is 10.2 Å². The highest BCUT2D eigenvalue weighted by molar-refractivity contribution is 7.13. The first-order valence-corrected chi connectivity index (χ1v) is 7.06. The van der Waals surface area contributed by atoms with E-state index in [0.717, 1.165) is 10.6 Å². The average molecular weight is 291 g/mol. The molecular formula is C14H17N3O2S. The van der Waals surface area contributed by atoms with Crippen molar-refractivity contribution in [3.63, 3.8) is 0 Å². The predicted molar refractivity (Wildman–Crippen MR) is 77.6 cm³/mol. The van der Waals surface area contributed by atoms with Crippen LogP contribution >= 0.6 is 11.3 Å². The van der Waals surface area contributed by atoms with E-state index >= 15 is 0 Å². The minimum absolute atomic E-state index is 0.233. The zero-order valence-corrected chi connectivity index (χ0v) is 12.3. The summed E-state index contributed by atoms with van der Waals surface area (Å²) < 4.78 is 5.73. The maximum atomic E-state index is 11.0. The zero-order chi connectivity index (χ0) is 14.6. The molecule has 1 aromatic heterocycles. The molecule has 2 N–H and O–H groups in total. The molecule has 1 aromatic carbocycles. The Morgan fingerprint density at radius 3 is 2.60 bits per heavy atom. The number of nitrogens with zero attached hydrogens (tertiary/aromatic N) is 2. The van der Waals surface area contributed by atoms with Gasteiger partial charge in [0.15, 0.2) is 0 Å². The number of amides is 1. The number of hydrogen-bond acceptors (Lipinski definition) is 5. The van der Waals surface area contributed by atoms with Gasteiger partial charge in [-0.05, 0) is 5.56 Å². The number of carbonyl (C=O) groups excluding carboxylic acids is 1. The molecule has 6 heteroatoms. The van der Waals surface area contributed by atoms with Crippen molar-refractivity contribution >= 4 is 17.2 Å². The van der Waals surface area contributed by atoms with Crippen LogP contribution in [0.5, 0.6) is 0 Å². The van der Waals surface area contributed by atoms with Gasteiger partial charge in [-0.25, -0.2) is 0 Å². The standard InChI is InChI=1S/C14H17N3O2S/c1-14(2,13-17-16-12(20-13)11(15)18)9-19-8-10-6-4-3-5-7-10/h3-7H,8-9H2,1-2H3,(H2,15,18). The second-order valence-electron chi connectivity index (χ2n) is 5.14.